The lowest BCUT2D eigenvalue weighted by Gasteiger charge is -2.07. The van der Waals surface area contributed by atoms with Crippen molar-refractivity contribution >= 4 is 34.3 Å². The van der Waals surface area contributed by atoms with Crippen molar-refractivity contribution in [3.8, 4) is 0 Å². The fourth-order valence-corrected chi connectivity index (χ4v) is 1.82. The molecule has 0 heterocycles. The third kappa shape index (κ3) is 4.14. The molecule has 0 radical (unpaired) electrons. The van der Waals surface area contributed by atoms with Crippen molar-refractivity contribution in [2.75, 3.05) is 5.32 Å². The van der Waals surface area contributed by atoms with Crippen molar-refractivity contribution in [1.82, 2.24) is 0 Å². The van der Waals surface area contributed by atoms with Gasteiger partial charge in [-0.2, -0.15) is 0 Å². The molecule has 0 saturated carbocycles. The van der Waals surface area contributed by atoms with Gasteiger partial charge < -0.3 is 5.32 Å². The van der Waals surface area contributed by atoms with E-state index in [-0.39, 0.29) is 10.5 Å². The van der Waals surface area contributed by atoms with Crippen LogP contribution in [0, 0.1) is 6.92 Å². The summed E-state index contributed by atoms with van der Waals surface area (Å²) in [4.78, 5) is 11.4. The number of thioether (sulfide) groups is 1. The van der Waals surface area contributed by atoms with Gasteiger partial charge in [0, 0.05) is 16.0 Å². The monoisotopic (exact) mass is 243 g/mol. The first-order chi connectivity index (χ1) is 6.99. The summed E-state index contributed by atoms with van der Waals surface area (Å²) >= 11 is 7.21. The van der Waals surface area contributed by atoms with E-state index >= 15 is 0 Å². The predicted molar refractivity (Wildman–Crippen MR) is 67.9 cm³/mol. The highest BCUT2D eigenvalue weighted by atomic mass is 35.5. The lowest BCUT2D eigenvalue weighted by Crippen LogP contribution is -2.07. The molecule has 15 heavy (non-hydrogen) atoms. The van der Waals surface area contributed by atoms with Crippen LogP contribution in [0.3, 0.4) is 0 Å². The normalized spacial score (nSPS) is 10.5. The Labute approximate surface area is 99.4 Å². The van der Waals surface area contributed by atoms with Crippen LogP contribution in [0.2, 0.25) is 5.02 Å². The first-order valence-corrected chi connectivity index (χ1v) is 5.98. The molecular weight excluding hydrogens is 230 g/mol. The van der Waals surface area contributed by atoms with E-state index in [4.69, 9.17) is 11.6 Å². The Morgan fingerprint density at radius 2 is 2.13 bits per heavy atom. The van der Waals surface area contributed by atoms with Crippen LogP contribution in [0.15, 0.2) is 18.2 Å². The molecule has 1 aromatic carbocycles. The highest BCUT2D eigenvalue weighted by Gasteiger charge is 2.06. The minimum absolute atomic E-state index is 0.0510. The largest absolute Gasteiger partial charge is 0.317 e. The van der Waals surface area contributed by atoms with Crippen molar-refractivity contribution in [3.63, 3.8) is 0 Å². The fraction of sp³-hybridized carbons (Fsp3) is 0.364. The predicted octanol–water partition coefficient (Wildman–Crippen LogP) is 4.32. The molecule has 0 atom stereocenters. The summed E-state index contributed by atoms with van der Waals surface area (Å²) in [5, 5.41) is 3.68. The number of anilines is 1. The van der Waals surface area contributed by atoms with Gasteiger partial charge in [-0.1, -0.05) is 43.3 Å². The molecule has 0 aromatic heterocycles. The Morgan fingerprint density at radius 3 is 2.67 bits per heavy atom. The summed E-state index contributed by atoms with van der Waals surface area (Å²) in [6.45, 7) is 5.88. The molecule has 1 amide bonds. The summed E-state index contributed by atoms with van der Waals surface area (Å²) in [6, 6.07) is 5.49. The van der Waals surface area contributed by atoms with Crippen LogP contribution in [0.25, 0.3) is 0 Å². The number of carbonyl (C=O) groups is 1. The van der Waals surface area contributed by atoms with E-state index in [2.05, 4.69) is 5.32 Å². The standard InChI is InChI=1S/C11H14ClNOS/c1-7(2)15-11(14)13-9-5-4-8(3)10(12)6-9/h4-7H,1-3H3,(H,13,14). The van der Waals surface area contributed by atoms with E-state index in [1.165, 1.54) is 11.8 Å². The lowest BCUT2D eigenvalue weighted by atomic mass is 10.2. The number of carbonyl (C=O) groups excluding carboxylic acids is 1. The third-order valence-electron chi connectivity index (χ3n) is 1.76. The van der Waals surface area contributed by atoms with Crippen LogP contribution in [0.1, 0.15) is 19.4 Å². The van der Waals surface area contributed by atoms with Crippen molar-refractivity contribution in [2.24, 2.45) is 0 Å². The molecule has 82 valence electrons. The van der Waals surface area contributed by atoms with Crippen molar-refractivity contribution in [1.29, 1.82) is 0 Å². The third-order valence-corrected chi connectivity index (χ3v) is 2.96. The van der Waals surface area contributed by atoms with Gasteiger partial charge in [0.25, 0.3) is 5.24 Å². The van der Waals surface area contributed by atoms with Crippen LogP contribution in [-0.2, 0) is 0 Å². The minimum Gasteiger partial charge on any atom is -0.317 e. The topological polar surface area (TPSA) is 29.1 Å². The molecule has 0 bridgehead atoms. The van der Waals surface area contributed by atoms with E-state index < -0.39 is 0 Å². The number of nitrogens with one attached hydrogen (secondary N) is 1. The smallest absolute Gasteiger partial charge is 0.283 e. The Kier molecular flexibility index (Phi) is 4.48. The van der Waals surface area contributed by atoms with Gasteiger partial charge in [-0.15, -0.1) is 0 Å². The van der Waals surface area contributed by atoms with E-state index in [1.807, 2.05) is 32.9 Å². The van der Waals surface area contributed by atoms with Crippen LogP contribution in [0.4, 0.5) is 10.5 Å². The first kappa shape index (κ1) is 12.4. The number of benzene rings is 1. The lowest BCUT2D eigenvalue weighted by molar-refractivity contribution is 0.269. The summed E-state index contributed by atoms with van der Waals surface area (Å²) in [5.41, 5.74) is 1.75. The maximum absolute atomic E-state index is 11.4. The van der Waals surface area contributed by atoms with E-state index in [0.29, 0.717) is 5.02 Å². The maximum Gasteiger partial charge on any atom is 0.283 e. The van der Waals surface area contributed by atoms with Gasteiger partial charge in [0.1, 0.15) is 0 Å². The molecule has 4 heteroatoms. The highest BCUT2D eigenvalue weighted by Crippen LogP contribution is 2.21. The van der Waals surface area contributed by atoms with Crippen molar-refractivity contribution < 1.29 is 4.79 Å². The molecule has 0 unspecified atom stereocenters. The zero-order valence-corrected chi connectivity index (χ0v) is 10.6. The van der Waals surface area contributed by atoms with Gasteiger partial charge in [-0.05, 0) is 24.6 Å². The minimum atomic E-state index is -0.0510. The Bertz CT molecular complexity index is 366. The molecular formula is C11H14ClNOS. The molecule has 0 aliphatic rings. The van der Waals surface area contributed by atoms with Crippen LogP contribution < -0.4 is 5.32 Å². The van der Waals surface area contributed by atoms with Gasteiger partial charge in [0.2, 0.25) is 0 Å². The fourth-order valence-electron chi connectivity index (χ4n) is 1.03. The number of aryl methyl sites for hydroxylation is 1. The summed E-state index contributed by atoms with van der Waals surface area (Å²) < 4.78 is 0. The Hall–Kier alpha value is -0.670. The van der Waals surface area contributed by atoms with Crippen molar-refractivity contribution in [2.45, 2.75) is 26.0 Å². The van der Waals surface area contributed by atoms with E-state index in [1.54, 1.807) is 6.07 Å². The second kappa shape index (κ2) is 5.42. The van der Waals surface area contributed by atoms with Gasteiger partial charge in [-0.3, -0.25) is 4.79 Å². The second-order valence-corrected chi connectivity index (χ2v) is 5.50. The molecule has 0 saturated heterocycles. The summed E-state index contributed by atoms with van der Waals surface area (Å²) in [5.74, 6) is 0. The summed E-state index contributed by atoms with van der Waals surface area (Å²) in [6.07, 6.45) is 0. The number of halogens is 1. The molecule has 1 rings (SSSR count). The van der Waals surface area contributed by atoms with Crippen LogP contribution in [0.5, 0.6) is 0 Å². The molecule has 2 nitrogen and oxygen atoms in total. The Morgan fingerprint density at radius 1 is 1.47 bits per heavy atom. The van der Waals surface area contributed by atoms with Crippen LogP contribution in [-0.4, -0.2) is 10.5 Å². The first-order valence-electron chi connectivity index (χ1n) is 4.73. The van der Waals surface area contributed by atoms with E-state index in [0.717, 1.165) is 11.3 Å². The average Bonchev–Trinajstić information content (AvgIpc) is 2.10. The molecule has 0 fully saturated rings. The zero-order chi connectivity index (χ0) is 11.4. The van der Waals surface area contributed by atoms with Gasteiger partial charge in [-0.25, -0.2) is 0 Å². The Balaban J connectivity index is 2.65. The van der Waals surface area contributed by atoms with Gasteiger partial charge in [0.15, 0.2) is 0 Å². The number of amides is 1. The summed E-state index contributed by atoms with van der Waals surface area (Å²) in [7, 11) is 0. The van der Waals surface area contributed by atoms with Crippen molar-refractivity contribution in [3.05, 3.63) is 28.8 Å². The number of hydrogen-bond acceptors (Lipinski definition) is 2. The molecule has 1 N–H and O–H groups in total. The number of rotatable bonds is 2. The maximum atomic E-state index is 11.4. The molecule has 0 aliphatic carbocycles. The second-order valence-electron chi connectivity index (χ2n) is 3.54. The molecule has 1 aromatic rings. The quantitative estimate of drug-likeness (QED) is 0.838. The highest BCUT2D eigenvalue weighted by molar-refractivity contribution is 8.14. The molecule has 0 aliphatic heterocycles. The molecule has 0 spiro atoms. The average molecular weight is 244 g/mol. The SMILES string of the molecule is Cc1ccc(NC(=O)SC(C)C)cc1Cl. The van der Waals surface area contributed by atoms with Gasteiger partial charge in [0.05, 0.1) is 0 Å². The number of hydrogen-bond donors (Lipinski definition) is 1. The van der Waals surface area contributed by atoms with Gasteiger partial charge >= 0.3 is 0 Å². The van der Waals surface area contributed by atoms with E-state index in [9.17, 15) is 4.79 Å². The van der Waals surface area contributed by atoms with Crippen LogP contribution >= 0.6 is 23.4 Å². The zero-order valence-electron chi connectivity index (χ0n) is 9.00.